The zero-order chi connectivity index (χ0) is 35.3. The Bertz CT molecular complexity index is 2380. The number of nitrogens with zero attached hydrogens (tertiary/aromatic N) is 2. The maximum atomic E-state index is 10.2. The summed E-state index contributed by atoms with van der Waals surface area (Å²) in [7, 11) is 0. The maximum Gasteiger partial charge on any atom is 2.00 e. The zero-order valence-electron chi connectivity index (χ0n) is 27.7. The molecule has 53 heavy (non-hydrogen) atoms. The van der Waals surface area contributed by atoms with Gasteiger partial charge in [-0.25, -0.2) is 9.97 Å². The Labute approximate surface area is 330 Å². The number of aromatic nitrogens is 4. The van der Waals surface area contributed by atoms with Crippen molar-refractivity contribution in [3.8, 4) is 50.3 Å². The van der Waals surface area contributed by atoms with Crippen molar-refractivity contribution in [2.24, 2.45) is 0 Å². The van der Waals surface area contributed by atoms with Crippen LogP contribution in [0.4, 0.5) is 0 Å². The van der Waals surface area contributed by atoms with Crippen LogP contribution in [0.5, 0.6) is 5.75 Å². The van der Waals surface area contributed by atoms with Crippen molar-refractivity contribution in [2.75, 3.05) is 0 Å². The second-order valence-corrected chi connectivity index (χ2v) is 13.9. The molecule has 4 aromatic carbocycles. The number of halogens is 3. The van der Waals surface area contributed by atoms with Crippen LogP contribution in [0.15, 0.2) is 121 Å². The van der Waals surface area contributed by atoms with Gasteiger partial charge in [0.05, 0.1) is 22.8 Å². The maximum absolute atomic E-state index is 10.2. The monoisotopic (exact) mass is 788 g/mol. The van der Waals surface area contributed by atoms with Crippen LogP contribution >= 0.6 is 34.8 Å². The van der Waals surface area contributed by atoms with E-state index in [-0.39, 0.29) is 22.8 Å². The molecule has 0 aliphatic carbocycles. The molecule has 8 bridgehead atoms. The van der Waals surface area contributed by atoms with Crippen LogP contribution in [0, 0.1) is 0 Å². The molecule has 0 saturated heterocycles. The van der Waals surface area contributed by atoms with Crippen molar-refractivity contribution >= 4 is 81.2 Å². The molecule has 3 aromatic heterocycles. The molecule has 0 fully saturated rings. The third-order valence-electron chi connectivity index (χ3n) is 9.31. The average molecular weight is 790 g/mol. The number of hydrogen-bond acceptors (Lipinski definition) is 3. The second kappa shape index (κ2) is 14.2. The van der Waals surface area contributed by atoms with E-state index < -0.39 is 0 Å². The molecule has 256 valence electrons. The molecule has 5 heterocycles. The van der Waals surface area contributed by atoms with Crippen LogP contribution in [0.25, 0.3) is 90.9 Å². The van der Waals surface area contributed by atoms with E-state index in [2.05, 4.69) is 46.4 Å². The van der Waals surface area contributed by atoms with E-state index in [9.17, 15) is 5.11 Å². The first kappa shape index (κ1) is 34.7. The van der Waals surface area contributed by atoms with Crippen molar-refractivity contribution in [3.05, 3.63) is 159 Å². The van der Waals surface area contributed by atoms with E-state index in [0.717, 1.165) is 89.4 Å². The molecular weight excluding hydrogens is 763 g/mol. The number of fused-ring (bicyclic) bond motifs is 8. The van der Waals surface area contributed by atoms with Crippen LogP contribution in [0.2, 0.25) is 15.1 Å². The minimum absolute atomic E-state index is 0. The normalized spacial score (nSPS) is 11.8. The molecule has 9 rings (SSSR count). The van der Waals surface area contributed by atoms with E-state index in [1.807, 2.05) is 97.1 Å². The Hall–Kier alpha value is -5.33. The predicted molar refractivity (Wildman–Crippen MR) is 217 cm³/mol. The molecule has 0 radical (unpaired) electrons. The van der Waals surface area contributed by atoms with E-state index in [1.165, 1.54) is 0 Å². The van der Waals surface area contributed by atoms with Gasteiger partial charge in [0.2, 0.25) is 0 Å². The summed E-state index contributed by atoms with van der Waals surface area (Å²) in [6.07, 6.45) is 8.19. The van der Waals surface area contributed by atoms with Gasteiger partial charge >= 0.3 is 17.1 Å². The summed E-state index contributed by atoms with van der Waals surface area (Å²) in [6.45, 7) is 0. The van der Waals surface area contributed by atoms with Gasteiger partial charge in [0.15, 0.2) is 0 Å². The number of H-pyrrole nitrogens is 2. The summed E-state index contributed by atoms with van der Waals surface area (Å²) < 4.78 is 0. The van der Waals surface area contributed by atoms with Crippen molar-refractivity contribution < 1.29 is 22.2 Å². The summed E-state index contributed by atoms with van der Waals surface area (Å²) in [6, 6.07) is 38.9. The van der Waals surface area contributed by atoms with Gasteiger partial charge in [0.25, 0.3) is 0 Å². The molecule has 9 heteroatoms. The van der Waals surface area contributed by atoms with Gasteiger partial charge in [0.1, 0.15) is 5.75 Å². The smallest absolute Gasteiger partial charge is 0.508 e. The van der Waals surface area contributed by atoms with Crippen LogP contribution in [0.3, 0.4) is 0 Å². The van der Waals surface area contributed by atoms with Gasteiger partial charge in [0, 0.05) is 59.4 Å². The van der Waals surface area contributed by atoms with E-state index >= 15 is 0 Å². The van der Waals surface area contributed by atoms with Crippen molar-refractivity contribution in [3.63, 3.8) is 0 Å². The SMILES string of the molecule is Oc1ccc(-c2c3nc(c(-c4ccc(Cl)cc4)c4ccc([nH]4)c(-c4ccc(Cl)cc4)c4nc(c(-c5ccc(Cl)cc5)c5ccc2[nH]5)C=C4)C=C3)cc1.[Fe+2]. The molecule has 0 unspecified atom stereocenters. The Morgan fingerprint density at radius 3 is 0.868 bits per heavy atom. The van der Waals surface area contributed by atoms with Gasteiger partial charge in [-0.15, -0.1) is 0 Å². The fourth-order valence-corrected chi connectivity index (χ4v) is 7.28. The molecule has 2 aliphatic rings. The number of phenols is 1. The van der Waals surface area contributed by atoms with Gasteiger partial charge in [-0.2, -0.15) is 0 Å². The fraction of sp³-hybridized carbons (Fsp3) is 0. The van der Waals surface area contributed by atoms with Gasteiger partial charge < -0.3 is 15.1 Å². The number of phenolic OH excluding ortho intramolecular Hbond substituents is 1. The Morgan fingerprint density at radius 1 is 0.358 bits per heavy atom. The standard InChI is InChI=1S/C44H27Cl3N4O.Fe/c45-29-9-1-25(2-10-29)41-33-17-19-35(48-33)42(26-3-11-30(46)12-4-26)37-21-23-39(50-37)44(28-7-15-32(52)16-8-28)40-24-22-38(51-40)43(36-20-18-34(41)49-36)27-5-13-31(47)14-6-27;/h1-24,48,51-52H;/q;+2. The second-order valence-electron chi connectivity index (χ2n) is 12.6. The summed E-state index contributed by atoms with van der Waals surface area (Å²) in [4.78, 5) is 18.0. The van der Waals surface area contributed by atoms with Gasteiger partial charge in [-0.3, -0.25) is 0 Å². The fourth-order valence-electron chi connectivity index (χ4n) is 6.90. The minimum atomic E-state index is 0. The first-order valence-electron chi connectivity index (χ1n) is 16.6. The van der Waals surface area contributed by atoms with Crippen LogP contribution < -0.4 is 0 Å². The first-order valence-corrected chi connectivity index (χ1v) is 17.7. The summed E-state index contributed by atoms with van der Waals surface area (Å²) >= 11 is 19.1. The minimum Gasteiger partial charge on any atom is -0.508 e. The van der Waals surface area contributed by atoms with Crippen LogP contribution in [-0.2, 0) is 17.1 Å². The van der Waals surface area contributed by atoms with Gasteiger partial charge in [-0.05, 0) is 119 Å². The molecule has 5 nitrogen and oxygen atoms in total. The van der Waals surface area contributed by atoms with Gasteiger partial charge in [-0.1, -0.05) is 83.3 Å². The van der Waals surface area contributed by atoms with Crippen molar-refractivity contribution in [2.45, 2.75) is 0 Å². The largest absolute Gasteiger partial charge is 2.00 e. The van der Waals surface area contributed by atoms with E-state index in [0.29, 0.717) is 15.1 Å². The number of rotatable bonds is 4. The molecule has 2 aliphatic heterocycles. The molecule has 3 N–H and O–H groups in total. The van der Waals surface area contributed by atoms with Crippen molar-refractivity contribution in [1.82, 2.24) is 19.9 Å². The molecule has 0 spiro atoms. The van der Waals surface area contributed by atoms with E-state index in [4.69, 9.17) is 44.8 Å². The number of benzene rings is 4. The molecule has 0 atom stereocenters. The first-order chi connectivity index (χ1) is 25.4. The predicted octanol–water partition coefficient (Wildman–Crippen LogP) is 13.0. The quantitative estimate of drug-likeness (QED) is 0.155. The summed E-state index contributed by atoms with van der Waals surface area (Å²) in [5.74, 6) is 0.188. The Balaban J connectivity index is 0.00000400. The zero-order valence-corrected chi connectivity index (χ0v) is 31.1. The summed E-state index contributed by atoms with van der Waals surface area (Å²) in [5.41, 5.74) is 14.1. The number of hydrogen-bond donors (Lipinski definition) is 3. The molecular formula is C44H27Cl3FeN4O+2. The third-order valence-corrected chi connectivity index (χ3v) is 10.1. The van der Waals surface area contributed by atoms with Crippen molar-refractivity contribution in [1.29, 1.82) is 0 Å². The van der Waals surface area contributed by atoms with Crippen LogP contribution in [-0.4, -0.2) is 25.0 Å². The average Bonchev–Trinajstić information content (AvgIpc) is 3.99. The number of aromatic hydroxyl groups is 1. The molecule has 7 aromatic rings. The number of nitrogens with one attached hydrogen (secondary N) is 2. The Kier molecular flexibility index (Phi) is 9.34. The molecule has 0 saturated carbocycles. The Morgan fingerprint density at radius 2 is 0.604 bits per heavy atom. The van der Waals surface area contributed by atoms with E-state index in [1.54, 1.807) is 12.1 Å². The molecule has 0 amide bonds. The van der Waals surface area contributed by atoms with Crippen LogP contribution in [0.1, 0.15) is 22.8 Å². The number of aromatic amines is 2. The summed E-state index contributed by atoms with van der Waals surface area (Å²) in [5, 5.41) is 12.1. The topological polar surface area (TPSA) is 77.6 Å². The third kappa shape index (κ3) is 6.61.